The Kier molecular flexibility index (Phi) is 5.48. The third-order valence-electron chi connectivity index (χ3n) is 3.35. The quantitative estimate of drug-likeness (QED) is 0.789. The third-order valence-corrected chi connectivity index (χ3v) is 3.35. The summed E-state index contributed by atoms with van der Waals surface area (Å²) < 4.78 is 2.14. The van der Waals surface area contributed by atoms with Crippen LogP contribution in [-0.4, -0.2) is 30.2 Å². The summed E-state index contributed by atoms with van der Waals surface area (Å²) in [5, 5.41) is 3.52. The van der Waals surface area contributed by atoms with Gasteiger partial charge in [-0.15, -0.1) is 0 Å². The normalized spacial score (nSPS) is 11.2. The lowest BCUT2D eigenvalue weighted by atomic mass is 10.0. The molecule has 0 unspecified atom stereocenters. The highest BCUT2D eigenvalue weighted by atomic mass is 15.3. The van der Waals surface area contributed by atoms with Gasteiger partial charge in [-0.05, 0) is 12.5 Å². The minimum absolute atomic E-state index is 0.788. The van der Waals surface area contributed by atoms with Gasteiger partial charge in [-0.2, -0.15) is 0 Å². The molecule has 0 aliphatic rings. The summed E-state index contributed by atoms with van der Waals surface area (Å²) in [5.74, 6) is 1.79. The van der Waals surface area contributed by atoms with Crippen LogP contribution in [0.3, 0.4) is 0 Å². The van der Waals surface area contributed by atoms with Crippen LogP contribution >= 0.6 is 0 Å². The van der Waals surface area contributed by atoms with Gasteiger partial charge in [0.2, 0.25) is 5.95 Å². The van der Waals surface area contributed by atoms with Crippen molar-refractivity contribution in [3.8, 4) is 0 Å². The van der Waals surface area contributed by atoms with Crippen molar-refractivity contribution in [2.75, 3.05) is 25.5 Å². The van der Waals surface area contributed by atoms with Gasteiger partial charge in [0, 0.05) is 27.7 Å². The first-order valence-corrected chi connectivity index (χ1v) is 6.48. The first kappa shape index (κ1) is 14.0. The van der Waals surface area contributed by atoms with Crippen LogP contribution in [0.15, 0.2) is 6.20 Å². The minimum Gasteiger partial charge on any atom is -0.348 e. The fourth-order valence-electron chi connectivity index (χ4n) is 2.00. The third kappa shape index (κ3) is 3.73. The minimum atomic E-state index is 0.788. The summed E-state index contributed by atoms with van der Waals surface area (Å²) in [6, 6.07) is 0. The average molecular weight is 238 g/mol. The summed E-state index contributed by atoms with van der Waals surface area (Å²) in [6.45, 7) is 6.50. The number of rotatable bonds is 7. The van der Waals surface area contributed by atoms with Crippen molar-refractivity contribution in [2.45, 2.75) is 33.2 Å². The summed E-state index contributed by atoms with van der Waals surface area (Å²) in [5.41, 5.74) is 1.24. The molecule has 0 fully saturated rings. The zero-order valence-electron chi connectivity index (χ0n) is 11.8. The monoisotopic (exact) mass is 238 g/mol. The van der Waals surface area contributed by atoms with E-state index in [1.54, 1.807) is 0 Å². The molecule has 1 rings (SSSR count). The number of hydrogen-bond acceptors (Lipinski definition) is 3. The fraction of sp³-hybridized carbons (Fsp3) is 0.769. The summed E-state index contributed by atoms with van der Waals surface area (Å²) >= 11 is 0. The highest BCUT2D eigenvalue weighted by Crippen LogP contribution is 2.11. The van der Waals surface area contributed by atoms with E-state index in [1.165, 1.54) is 18.5 Å². The molecule has 1 N–H and O–H groups in total. The average Bonchev–Trinajstić information content (AvgIpc) is 2.66. The second-order valence-electron chi connectivity index (χ2n) is 4.82. The predicted octanol–water partition coefficient (Wildman–Crippen LogP) is 2.01. The van der Waals surface area contributed by atoms with E-state index in [9.17, 15) is 0 Å². The standard InChI is InChI=1S/C13H26N4/c1-6-11(7-2)8-14-9-12-10-15-13(16(3)4)17(12)5/h10-11,14H,6-9H2,1-5H3. The number of aromatic nitrogens is 2. The molecule has 0 spiro atoms. The van der Waals surface area contributed by atoms with E-state index in [-0.39, 0.29) is 0 Å². The lowest BCUT2D eigenvalue weighted by Gasteiger charge is -2.15. The Labute approximate surface area is 105 Å². The summed E-state index contributed by atoms with van der Waals surface area (Å²) in [6.07, 6.45) is 4.45. The Morgan fingerprint density at radius 2 is 2.00 bits per heavy atom. The van der Waals surface area contributed by atoms with E-state index in [4.69, 9.17) is 0 Å². The highest BCUT2D eigenvalue weighted by molar-refractivity contribution is 5.30. The van der Waals surface area contributed by atoms with Crippen molar-refractivity contribution in [1.82, 2.24) is 14.9 Å². The molecule has 1 aromatic rings. The second-order valence-corrected chi connectivity index (χ2v) is 4.82. The molecule has 1 heterocycles. The Bertz CT molecular complexity index is 326. The van der Waals surface area contributed by atoms with Gasteiger partial charge in [0.15, 0.2) is 0 Å². The van der Waals surface area contributed by atoms with E-state index < -0.39 is 0 Å². The van der Waals surface area contributed by atoms with Crippen LogP contribution in [0.5, 0.6) is 0 Å². The van der Waals surface area contributed by atoms with E-state index in [1.807, 2.05) is 25.2 Å². The molecule has 4 heteroatoms. The van der Waals surface area contributed by atoms with Gasteiger partial charge < -0.3 is 14.8 Å². The molecule has 0 radical (unpaired) electrons. The molecule has 0 aromatic carbocycles. The van der Waals surface area contributed by atoms with Crippen LogP contribution in [0.1, 0.15) is 32.4 Å². The number of nitrogens with zero attached hydrogens (tertiary/aromatic N) is 3. The van der Waals surface area contributed by atoms with Crippen LogP contribution in [-0.2, 0) is 13.6 Å². The van der Waals surface area contributed by atoms with Crippen molar-refractivity contribution < 1.29 is 0 Å². The van der Waals surface area contributed by atoms with Gasteiger partial charge in [-0.1, -0.05) is 26.7 Å². The van der Waals surface area contributed by atoms with Crippen LogP contribution in [0, 0.1) is 5.92 Å². The Morgan fingerprint density at radius 3 is 2.47 bits per heavy atom. The molecule has 0 atom stereocenters. The highest BCUT2D eigenvalue weighted by Gasteiger charge is 2.08. The molecule has 0 amide bonds. The lowest BCUT2D eigenvalue weighted by molar-refractivity contribution is 0.446. The molecule has 17 heavy (non-hydrogen) atoms. The maximum absolute atomic E-state index is 4.40. The second kappa shape index (κ2) is 6.64. The molecule has 1 aromatic heterocycles. The fourth-order valence-corrected chi connectivity index (χ4v) is 2.00. The van der Waals surface area contributed by atoms with Gasteiger partial charge in [0.25, 0.3) is 0 Å². The molecular formula is C13H26N4. The number of anilines is 1. The van der Waals surface area contributed by atoms with Crippen molar-refractivity contribution in [2.24, 2.45) is 13.0 Å². The molecular weight excluding hydrogens is 212 g/mol. The van der Waals surface area contributed by atoms with Crippen molar-refractivity contribution in [3.05, 3.63) is 11.9 Å². The first-order valence-electron chi connectivity index (χ1n) is 6.48. The Balaban J connectivity index is 2.47. The molecule has 0 bridgehead atoms. The molecule has 0 aliphatic heterocycles. The zero-order valence-corrected chi connectivity index (χ0v) is 11.8. The topological polar surface area (TPSA) is 33.1 Å². The Morgan fingerprint density at radius 1 is 1.35 bits per heavy atom. The van der Waals surface area contributed by atoms with Gasteiger partial charge in [0.1, 0.15) is 0 Å². The SMILES string of the molecule is CCC(CC)CNCc1cnc(N(C)C)n1C. The van der Waals surface area contributed by atoms with Gasteiger partial charge in [0.05, 0.1) is 11.9 Å². The van der Waals surface area contributed by atoms with Crippen LogP contribution in [0.25, 0.3) is 0 Å². The number of imidazole rings is 1. The van der Waals surface area contributed by atoms with Gasteiger partial charge in [-0.3, -0.25) is 0 Å². The predicted molar refractivity (Wildman–Crippen MR) is 73.3 cm³/mol. The van der Waals surface area contributed by atoms with Crippen LogP contribution < -0.4 is 10.2 Å². The molecule has 98 valence electrons. The Hall–Kier alpha value is -1.03. The smallest absolute Gasteiger partial charge is 0.204 e. The van der Waals surface area contributed by atoms with E-state index >= 15 is 0 Å². The van der Waals surface area contributed by atoms with Crippen LogP contribution in [0.4, 0.5) is 5.95 Å². The number of nitrogens with one attached hydrogen (secondary N) is 1. The van der Waals surface area contributed by atoms with Crippen molar-refractivity contribution >= 4 is 5.95 Å². The largest absolute Gasteiger partial charge is 0.348 e. The maximum Gasteiger partial charge on any atom is 0.204 e. The first-order chi connectivity index (χ1) is 8.10. The maximum atomic E-state index is 4.40. The zero-order chi connectivity index (χ0) is 12.8. The summed E-state index contributed by atoms with van der Waals surface area (Å²) in [7, 11) is 6.10. The number of hydrogen-bond donors (Lipinski definition) is 1. The molecule has 0 saturated carbocycles. The molecule has 0 aliphatic carbocycles. The van der Waals surface area contributed by atoms with Crippen molar-refractivity contribution in [3.63, 3.8) is 0 Å². The van der Waals surface area contributed by atoms with Crippen LogP contribution in [0.2, 0.25) is 0 Å². The van der Waals surface area contributed by atoms with E-state index in [0.29, 0.717) is 0 Å². The molecule has 4 nitrogen and oxygen atoms in total. The van der Waals surface area contributed by atoms with Gasteiger partial charge >= 0.3 is 0 Å². The lowest BCUT2D eigenvalue weighted by Crippen LogP contribution is -2.23. The summed E-state index contributed by atoms with van der Waals surface area (Å²) in [4.78, 5) is 6.43. The van der Waals surface area contributed by atoms with Crippen molar-refractivity contribution in [1.29, 1.82) is 0 Å². The van der Waals surface area contributed by atoms with Gasteiger partial charge in [-0.25, -0.2) is 4.98 Å². The molecule has 0 saturated heterocycles. The van der Waals surface area contributed by atoms with E-state index in [0.717, 1.165) is 25.0 Å². The van der Waals surface area contributed by atoms with E-state index in [2.05, 4.69) is 35.8 Å².